The number of carbonyl (C=O) groups excluding carboxylic acids is 2. The van der Waals surface area contributed by atoms with Crippen molar-refractivity contribution in [1.29, 1.82) is 0 Å². The molecular formula is C22H44N2O10P+. The Kier molecular flexibility index (Phi) is 14.5. The van der Waals surface area contributed by atoms with Gasteiger partial charge in [-0.25, -0.2) is 4.57 Å². The summed E-state index contributed by atoms with van der Waals surface area (Å²) in [5, 5.41) is 0. The minimum Gasteiger partial charge on any atom is -0.455 e. The molecule has 5 atom stereocenters. The first-order valence-corrected chi connectivity index (χ1v) is 13.7. The molecule has 3 N–H and O–H groups in total. The number of phosphoric acid groups is 1. The molecule has 1 rings (SSSR count). The molecule has 12 nitrogen and oxygen atoms in total. The number of rotatable bonds is 18. The average Bonchev–Trinajstić information content (AvgIpc) is 3.08. The van der Waals surface area contributed by atoms with Gasteiger partial charge in [-0.15, -0.1) is 0 Å². The Bertz CT molecular complexity index is 688. The lowest BCUT2D eigenvalue weighted by Gasteiger charge is -2.25. The molecule has 0 aromatic heterocycles. The Labute approximate surface area is 208 Å². The second kappa shape index (κ2) is 15.9. The maximum absolute atomic E-state index is 12.4. The summed E-state index contributed by atoms with van der Waals surface area (Å²) in [6.07, 6.45) is -1.11. The largest absolute Gasteiger partial charge is 0.472 e. The molecular weight excluding hydrogens is 483 g/mol. The number of quaternary nitrogens is 1. The standard InChI is InChI=1S/C22H43N2O10P/c1-6-8-10-18(25)33-20-17(16-31-35(27,28)30-15-13-24(3,4)5)32-22(29-14-12-23)21(20)34-19(26)11-9-7-2/h17,20-22H,6-16,23H2,1-5H3/p+1/t17?,20-,21-,22-/m1/s1. The lowest BCUT2D eigenvalue weighted by molar-refractivity contribution is -0.870. The Morgan fingerprint density at radius 1 is 0.971 bits per heavy atom. The van der Waals surface area contributed by atoms with Crippen LogP contribution < -0.4 is 5.73 Å². The molecule has 1 saturated heterocycles. The third kappa shape index (κ3) is 13.1. The third-order valence-electron chi connectivity index (χ3n) is 5.09. The zero-order chi connectivity index (χ0) is 26.5. The van der Waals surface area contributed by atoms with Gasteiger partial charge in [0.25, 0.3) is 0 Å². The number of phosphoric ester groups is 1. The van der Waals surface area contributed by atoms with Crippen LogP contribution in [0.15, 0.2) is 0 Å². The van der Waals surface area contributed by atoms with Crippen LogP contribution in [0.25, 0.3) is 0 Å². The zero-order valence-electron chi connectivity index (χ0n) is 21.7. The van der Waals surface area contributed by atoms with E-state index < -0.39 is 51.0 Å². The van der Waals surface area contributed by atoms with Gasteiger partial charge < -0.3 is 34.1 Å². The molecule has 1 aliphatic rings. The number of esters is 2. The van der Waals surface area contributed by atoms with Crippen LogP contribution in [-0.2, 0) is 42.1 Å². The summed E-state index contributed by atoms with van der Waals surface area (Å²) >= 11 is 0. The van der Waals surface area contributed by atoms with E-state index in [9.17, 15) is 19.0 Å². The van der Waals surface area contributed by atoms with Crippen LogP contribution in [-0.4, -0.2) is 100.0 Å². The van der Waals surface area contributed by atoms with E-state index in [1.807, 2.05) is 35.0 Å². The molecule has 13 heteroatoms. The Morgan fingerprint density at radius 2 is 1.54 bits per heavy atom. The van der Waals surface area contributed by atoms with E-state index in [2.05, 4.69) is 0 Å². The van der Waals surface area contributed by atoms with E-state index in [4.69, 9.17) is 33.7 Å². The van der Waals surface area contributed by atoms with E-state index in [0.29, 0.717) is 23.9 Å². The van der Waals surface area contributed by atoms with Crippen molar-refractivity contribution in [2.45, 2.75) is 77.0 Å². The van der Waals surface area contributed by atoms with Gasteiger partial charge in [0.05, 0.1) is 34.4 Å². The molecule has 0 amide bonds. The van der Waals surface area contributed by atoms with Crippen molar-refractivity contribution in [3.05, 3.63) is 0 Å². The van der Waals surface area contributed by atoms with Crippen molar-refractivity contribution in [3.8, 4) is 0 Å². The van der Waals surface area contributed by atoms with E-state index in [1.165, 1.54) is 0 Å². The predicted molar refractivity (Wildman–Crippen MR) is 127 cm³/mol. The molecule has 1 aliphatic heterocycles. The smallest absolute Gasteiger partial charge is 0.455 e. The second-order valence-electron chi connectivity index (χ2n) is 9.43. The molecule has 0 aromatic carbocycles. The molecule has 1 fully saturated rings. The van der Waals surface area contributed by atoms with Crippen molar-refractivity contribution in [3.63, 3.8) is 0 Å². The average molecular weight is 528 g/mol. The van der Waals surface area contributed by atoms with E-state index in [1.54, 1.807) is 0 Å². The van der Waals surface area contributed by atoms with Crippen molar-refractivity contribution >= 4 is 19.8 Å². The number of nitrogens with zero attached hydrogens (tertiary/aromatic N) is 1. The Morgan fingerprint density at radius 3 is 2.06 bits per heavy atom. The monoisotopic (exact) mass is 527 g/mol. The van der Waals surface area contributed by atoms with Crippen molar-refractivity contribution < 1.29 is 51.5 Å². The number of carbonyl (C=O) groups is 2. The molecule has 0 saturated carbocycles. The third-order valence-corrected chi connectivity index (χ3v) is 6.07. The number of likely N-dealkylation sites (N-methyl/N-ethyl adjacent to an activating group) is 1. The highest BCUT2D eigenvalue weighted by Crippen LogP contribution is 2.44. The molecule has 0 aromatic rings. The highest BCUT2D eigenvalue weighted by molar-refractivity contribution is 7.47. The van der Waals surface area contributed by atoms with Gasteiger partial charge in [0.2, 0.25) is 0 Å². The number of nitrogens with two attached hydrogens (primary N) is 1. The quantitative estimate of drug-likeness (QED) is 0.152. The minimum absolute atomic E-state index is 0.00185. The number of ether oxygens (including phenoxy) is 4. The molecule has 0 radical (unpaired) electrons. The summed E-state index contributed by atoms with van der Waals surface area (Å²) in [6.45, 7) is 4.20. The number of unbranched alkanes of at least 4 members (excludes halogenated alkanes) is 2. The summed E-state index contributed by atoms with van der Waals surface area (Å²) < 4.78 is 45.6. The van der Waals surface area contributed by atoms with Gasteiger partial charge in [-0.05, 0) is 12.8 Å². The first kappa shape index (κ1) is 31.9. The summed E-state index contributed by atoms with van der Waals surface area (Å²) in [5.74, 6) is -1.000. The zero-order valence-corrected chi connectivity index (χ0v) is 22.6. The van der Waals surface area contributed by atoms with Gasteiger partial charge in [0.15, 0.2) is 18.5 Å². The molecule has 2 unspecified atom stereocenters. The summed E-state index contributed by atoms with van der Waals surface area (Å²) in [5.41, 5.74) is 5.53. The second-order valence-corrected chi connectivity index (χ2v) is 10.9. The van der Waals surface area contributed by atoms with Crippen LogP contribution in [0.3, 0.4) is 0 Å². The molecule has 35 heavy (non-hydrogen) atoms. The fourth-order valence-electron chi connectivity index (χ4n) is 3.11. The van der Waals surface area contributed by atoms with Gasteiger partial charge in [0.1, 0.15) is 19.3 Å². The lowest BCUT2D eigenvalue weighted by Crippen LogP contribution is -2.42. The Balaban J connectivity index is 2.96. The summed E-state index contributed by atoms with van der Waals surface area (Å²) in [7, 11) is 1.34. The van der Waals surface area contributed by atoms with Crippen LogP contribution >= 0.6 is 7.82 Å². The fraction of sp³-hybridized carbons (Fsp3) is 0.909. The normalized spacial score (nSPS) is 24.2. The van der Waals surface area contributed by atoms with Crippen molar-refractivity contribution in [2.75, 3.05) is 54.1 Å². The molecule has 1 heterocycles. The van der Waals surface area contributed by atoms with E-state index in [0.717, 1.165) is 12.8 Å². The fourth-order valence-corrected chi connectivity index (χ4v) is 3.83. The Hall–Kier alpha value is -1.11. The van der Waals surface area contributed by atoms with Gasteiger partial charge >= 0.3 is 19.8 Å². The topological polar surface area (TPSA) is 153 Å². The maximum atomic E-state index is 12.4. The van der Waals surface area contributed by atoms with Crippen LogP contribution in [0, 0.1) is 0 Å². The molecule has 0 aliphatic carbocycles. The van der Waals surface area contributed by atoms with Gasteiger partial charge in [0, 0.05) is 19.4 Å². The first-order valence-electron chi connectivity index (χ1n) is 12.2. The number of hydrogen-bond donors (Lipinski definition) is 2. The predicted octanol–water partition coefficient (Wildman–Crippen LogP) is 1.73. The van der Waals surface area contributed by atoms with Gasteiger partial charge in [-0.2, -0.15) is 0 Å². The van der Waals surface area contributed by atoms with Crippen LogP contribution in [0.4, 0.5) is 0 Å². The van der Waals surface area contributed by atoms with Crippen molar-refractivity contribution in [1.82, 2.24) is 0 Å². The summed E-state index contributed by atoms with van der Waals surface area (Å²) in [6, 6.07) is 0. The van der Waals surface area contributed by atoms with Crippen molar-refractivity contribution in [2.24, 2.45) is 5.73 Å². The minimum atomic E-state index is -4.41. The highest BCUT2D eigenvalue weighted by Gasteiger charge is 2.51. The molecule has 0 spiro atoms. The first-order chi connectivity index (χ1) is 16.4. The maximum Gasteiger partial charge on any atom is 0.472 e. The highest BCUT2D eigenvalue weighted by atomic mass is 31.2. The molecule has 206 valence electrons. The van der Waals surface area contributed by atoms with Gasteiger partial charge in [-0.1, -0.05) is 26.7 Å². The lowest BCUT2D eigenvalue weighted by atomic mass is 10.1. The van der Waals surface area contributed by atoms with E-state index in [-0.39, 0.29) is 32.6 Å². The SMILES string of the molecule is CCCCC(=O)O[C@H]1[C@H](OCCN)OC(COP(=O)(O)OCC[N+](C)(C)C)[C@H]1OC(=O)CCCC. The van der Waals surface area contributed by atoms with Crippen LogP contribution in [0.5, 0.6) is 0 Å². The summed E-state index contributed by atoms with van der Waals surface area (Å²) in [4.78, 5) is 34.9. The van der Waals surface area contributed by atoms with E-state index >= 15 is 0 Å². The number of hydrogen-bond acceptors (Lipinski definition) is 10. The van der Waals surface area contributed by atoms with Gasteiger partial charge in [-0.3, -0.25) is 18.6 Å². The molecule has 0 bridgehead atoms. The van der Waals surface area contributed by atoms with Crippen LogP contribution in [0.2, 0.25) is 0 Å². The van der Waals surface area contributed by atoms with Crippen LogP contribution in [0.1, 0.15) is 52.4 Å².